The lowest BCUT2D eigenvalue weighted by molar-refractivity contribution is 0.153. The first-order valence-electron chi connectivity index (χ1n) is 9.61. The van der Waals surface area contributed by atoms with Crippen molar-refractivity contribution in [3.63, 3.8) is 0 Å². The largest absolute Gasteiger partial charge is 0.468 e. The molecule has 7 heteroatoms. The van der Waals surface area contributed by atoms with Crippen LogP contribution in [0.1, 0.15) is 55.6 Å². The molecule has 136 valence electrons. The van der Waals surface area contributed by atoms with Crippen LogP contribution in [0.2, 0.25) is 0 Å². The van der Waals surface area contributed by atoms with Crippen LogP contribution in [-0.2, 0) is 0 Å². The summed E-state index contributed by atoms with van der Waals surface area (Å²) in [5.41, 5.74) is 0.811. The lowest BCUT2D eigenvalue weighted by Crippen LogP contribution is -2.37. The van der Waals surface area contributed by atoms with Crippen molar-refractivity contribution in [1.82, 2.24) is 24.5 Å². The molecule has 26 heavy (non-hydrogen) atoms. The van der Waals surface area contributed by atoms with Crippen molar-refractivity contribution in [2.75, 3.05) is 25.0 Å². The molecule has 1 saturated heterocycles. The summed E-state index contributed by atoms with van der Waals surface area (Å²) in [5.74, 6) is 3.42. The van der Waals surface area contributed by atoms with Crippen molar-refractivity contribution in [3.05, 3.63) is 42.4 Å². The number of aromatic nitrogens is 4. The number of furan rings is 1. The molecule has 0 radical (unpaired) electrons. The van der Waals surface area contributed by atoms with Gasteiger partial charge in [0.1, 0.15) is 11.6 Å². The molecule has 1 N–H and O–H groups in total. The van der Waals surface area contributed by atoms with Crippen molar-refractivity contribution >= 4 is 11.5 Å². The number of nitrogens with one attached hydrogen (secondary N) is 1. The van der Waals surface area contributed by atoms with Gasteiger partial charge in [-0.3, -0.25) is 9.30 Å². The number of likely N-dealkylation sites (tertiary alicyclic amines) is 1. The lowest BCUT2D eigenvalue weighted by atomic mass is 10.1. The maximum atomic E-state index is 5.73. The average Bonchev–Trinajstić information content (AvgIpc) is 3.20. The first-order chi connectivity index (χ1) is 12.9. The molecule has 1 atom stereocenters. The van der Waals surface area contributed by atoms with Crippen molar-refractivity contribution in [2.45, 2.75) is 44.1 Å². The molecule has 2 fully saturated rings. The Bertz CT molecular complexity index is 863. The normalized spacial score (nSPS) is 19.7. The predicted molar refractivity (Wildman–Crippen MR) is 98.1 cm³/mol. The second kappa shape index (κ2) is 6.72. The van der Waals surface area contributed by atoms with E-state index in [9.17, 15) is 0 Å². The van der Waals surface area contributed by atoms with Gasteiger partial charge in [-0.2, -0.15) is 0 Å². The summed E-state index contributed by atoms with van der Waals surface area (Å²) >= 11 is 0. The second-order valence-corrected chi connectivity index (χ2v) is 7.31. The highest BCUT2D eigenvalue weighted by atomic mass is 16.3. The summed E-state index contributed by atoms with van der Waals surface area (Å²) in [5, 5.41) is 12.3. The van der Waals surface area contributed by atoms with Gasteiger partial charge in [0, 0.05) is 24.9 Å². The molecule has 2 aliphatic rings. The standard InChI is InChI=1S/C19H24N6O/c1-2-9-24(10-3-1)15(16-5-4-12-26-16)13-21-17-19-23-22-18(14-6-7-14)25(19)11-8-20-17/h4-5,8,11-12,14-15H,1-3,6-7,9-10,13H2,(H,20,21). The Morgan fingerprint density at radius 2 is 2.08 bits per heavy atom. The van der Waals surface area contributed by atoms with E-state index in [1.165, 1.54) is 32.1 Å². The third kappa shape index (κ3) is 2.96. The van der Waals surface area contributed by atoms with Crippen LogP contribution >= 0.6 is 0 Å². The van der Waals surface area contributed by atoms with Crippen LogP contribution in [0.15, 0.2) is 35.2 Å². The monoisotopic (exact) mass is 352 g/mol. The van der Waals surface area contributed by atoms with Crippen LogP contribution in [-0.4, -0.2) is 44.1 Å². The zero-order valence-electron chi connectivity index (χ0n) is 14.8. The van der Waals surface area contributed by atoms with E-state index in [1.54, 1.807) is 6.26 Å². The molecule has 5 rings (SSSR count). The molecule has 0 aromatic carbocycles. The van der Waals surface area contributed by atoms with Crippen LogP contribution in [0, 0.1) is 0 Å². The van der Waals surface area contributed by atoms with E-state index in [0.717, 1.165) is 42.7 Å². The number of hydrogen-bond acceptors (Lipinski definition) is 6. The smallest absolute Gasteiger partial charge is 0.203 e. The van der Waals surface area contributed by atoms with Crippen LogP contribution in [0.3, 0.4) is 0 Å². The molecule has 3 aromatic rings. The van der Waals surface area contributed by atoms with Crippen molar-refractivity contribution < 1.29 is 4.42 Å². The maximum absolute atomic E-state index is 5.73. The van der Waals surface area contributed by atoms with Gasteiger partial charge in [0.15, 0.2) is 5.82 Å². The van der Waals surface area contributed by atoms with Crippen molar-refractivity contribution in [3.8, 4) is 0 Å². The summed E-state index contributed by atoms with van der Waals surface area (Å²) in [7, 11) is 0. The highest BCUT2D eigenvalue weighted by molar-refractivity contribution is 5.62. The van der Waals surface area contributed by atoms with Crippen molar-refractivity contribution in [2.24, 2.45) is 0 Å². The fourth-order valence-corrected chi connectivity index (χ4v) is 3.90. The predicted octanol–water partition coefficient (Wildman–Crippen LogP) is 3.23. The molecular formula is C19H24N6O. The van der Waals surface area contributed by atoms with Crippen molar-refractivity contribution in [1.29, 1.82) is 0 Å². The Labute approximate surface area is 152 Å². The summed E-state index contributed by atoms with van der Waals surface area (Å²) in [6.07, 6.45) is 11.8. The van der Waals surface area contributed by atoms with Gasteiger partial charge in [0.25, 0.3) is 0 Å². The quantitative estimate of drug-likeness (QED) is 0.734. The Kier molecular flexibility index (Phi) is 4.09. The number of nitrogens with zero attached hydrogens (tertiary/aromatic N) is 5. The van der Waals surface area contributed by atoms with Gasteiger partial charge < -0.3 is 9.73 Å². The highest BCUT2D eigenvalue weighted by Gasteiger charge is 2.29. The molecule has 1 aliphatic carbocycles. The van der Waals surface area contributed by atoms with Crippen LogP contribution in [0.4, 0.5) is 5.82 Å². The fourth-order valence-electron chi connectivity index (χ4n) is 3.90. The molecule has 0 spiro atoms. The maximum Gasteiger partial charge on any atom is 0.203 e. The molecule has 3 aromatic heterocycles. The van der Waals surface area contributed by atoms with Crippen LogP contribution in [0.25, 0.3) is 5.65 Å². The molecule has 1 saturated carbocycles. The zero-order valence-corrected chi connectivity index (χ0v) is 14.8. The van der Waals surface area contributed by atoms with Gasteiger partial charge in [-0.25, -0.2) is 4.98 Å². The van der Waals surface area contributed by atoms with E-state index in [2.05, 4.69) is 35.9 Å². The summed E-state index contributed by atoms with van der Waals surface area (Å²) in [6, 6.07) is 4.24. The minimum atomic E-state index is 0.207. The first-order valence-corrected chi connectivity index (χ1v) is 9.61. The van der Waals surface area contributed by atoms with E-state index in [0.29, 0.717) is 5.92 Å². The summed E-state index contributed by atoms with van der Waals surface area (Å²) in [4.78, 5) is 7.02. The van der Waals surface area contributed by atoms with Gasteiger partial charge >= 0.3 is 0 Å². The molecule has 1 aliphatic heterocycles. The van der Waals surface area contributed by atoms with E-state index in [4.69, 9.17) is 4.42 Å². The molecular weight excluding hydrogens is 328 g/mol. The molecule has 0 amide bonds. The lowest BCUT2D eigenvalue weighted by Gasteiger charge is -2.33. The molecule has 0 bridgehead atoms. The number of rotatable bonds is 6. The number of piperidine rings is 1. The number of hydrogen-bond donors (Lipinski definition) is 1. The Morgan fingerprint density at radius 1 is 1.19 bits per heavy atom. The highest BCUT2D eigenvalue weighted by Crippen LogP contribution is 2.39. The minimum absolute atomic E-state index is 0.207. The van der Waals surface area contributed by atoms with Gasteiger partial charge in [-0.1, -0.05) is 6.42 Å². The Balaban J connectivity index is 1.38. The SMILES string of the molecule is c1coc(C(CNc2nccn3c(C4CC4)nnc23)N2CCCCC2)c1. The summed E-state index contributed by atoms with van der Waals surface area (Å²) in [6.45, 7) is 2.97. The second-order valence-electron chi connectivity index (χ2n) is 7.31. The third-order valence-electron chi connectivity index (χ3n) is 5.46. The van der Waals surface area contributed by atoms with Crippen LogP contribution in [0.5, 0.6) is 0 Å². The minimum Gasteiger partial charge on any atom is -0.468 e. The molecule has 4 heterocycles. The Hall–Kier alpha value is -2.41. The van der Waals surface area contributed by atoms with Gasteiger partial charge in [-0.05, 0) is 50.9 Å². The van der Waals surface area contributed by atoms with Gasteiger partial charge in [0.2, 0.25) is 5.65 Å². The zero-order chi connectivity index (χ0) is 17.3. The third-order valence-corrected chi connectivity index (χ3v) is 5.46. The number of anilines is 1. The molecule has 1 unspecified atom stereocenters. The molecule has 7 nitrogen and oxygen atoms in total. The first kappa shape index (κ1) is 15.8. The van der Waals surface area contributed by atoms with Gasteiger partial charge in [0.05, 0.1) is 12.3 Å². The van der Waals surface area contributed by atoms with E-state index < -0.39 is 0 Å². The number of fused-ring (bicyclic) bond motifs is 1. The van der Waals surface area contributed by atoms with Crippen LogP contribution < -0.4 is 5.32 Å². The Morgan fingerprint density at radius 3 is 2.85 bits per heavy atom. The van der Waals surface area contributed by atoms with E-state index in [1.807, 2.05) is 18.5 Å². The van der Waals surface area contributed by atoms with E-state index >= 15 is 0 Å². The summed E-state index contributed by atoms with van der Waals surface area (Å²) < 4.78 is 7.81. The van der Waals surface area contributed by atoms with E-state index in [-0.39, 0.29) is 6.04 Å². The van der Waals surface area contributed by atoms with Gasteiger partial charge in [-0.15, -0.1) is 10.2 Å². The fraction of sp³-hybridized carbons (Fsp3) is 0.526. The topological polar surface area (TPSA) is 71.5 Å². The average molecular weight is 352 g/mol.